The summed E-state index contributed by atoms with van der Waals surface area (Å²) in [6.07, 6.45) is -0.644. The maximum atomic E-state index is 13.3. The van der Waals surface area contributed by atoms with Crippen LogP contribution in [0.3, 0.4) is 0 Å². The molecular formula is C19H23F3N6O3. The van der Waals surface area contributed by atoms with Crippen molar-refractivity contribution >= 4 is 5.95 Å². The van der Waals surface area contributed by atoms with Gasteiger partial charge < -0.3 is 24.1 Å². The van der Waals surface area contributed by atoms with Gasteiger partial charge in [-0.2, -0.15) is 18.2 Å². The Labute approximate surface area is 176 Å². The van der Waals surface area contributed by atoms with E-state index < -0.39 is 23.7 Å². The van der Waals surface area contributed by atoms with Gasteiger partial charge in [-0.1, -0.05) is 6.42 Å². The average molecular weight is 440 g/mol. The molecule has 0 radical (unpaired) electrons. The molecule has 2 aliphatic heterocycles. The van der Waals surface area contributed by atoms with Crippen LogP contribution in [-0.4, -0.2) is 56.7 Å². The van der Waals surface area contributed by atoms with E-state index in [1.165, 1.54) is 0 Å². The summed E-state index contributed by atoms with van der Waals surface area (Å²) in [7, 11) is 0. The fraction of sp³-hybridized carbons (Fsp3) is 0.684. The third-order valence-electron chi connectivity index (χ3n) is 5.86. The highest BCUT2D eigenvalue weighted by Crippen LogP contribution is 2.37. The summed E-state index contributed by atoms with van der Waals surface area (Å²) in [5, 5.41) is 11.8. The zero-order chi connectivity index (χ0) is 21.4. The topological polar surface area (TPSA) is 96.2 Å². The molecule has 5 rings (SSSR count). The summed E-state index contributed by atoms with van der Waals surface area (Å²) in [6.45, 7) is 2.35. The Hall–Kier alpha value is -2.47. The number of nitrogens with one attached hydrogen (secondary N) is 1. The number of hydrogen-bond acceptors (Lipinski definition) is 8. The van der Waals surface area contributed by atoms with Crippen LogP contribution in [0.1, 0.15) is 48.8 Å². The van der Waals surface area contributed by atoms with Crippen LogP contribution in [0.15, 0.2) is 6.20 Å². The van der Waals surface area contributed by atoms with E-state index in [1.54, 1.807) is 0 Å². The van der Waals surface area contributed by atoms with Gasteiger partial charge in [0.15, 0.2) is 5.82 Å². The van der Waals surface area contributed by atoms with Crippen LogP contribution in [0.25, 0.3) is 0 Å². The highest BCUT2D eigenvalue weighted by atomic mass is 19.4. The lowest BCUT2D eigenvalue weighted by Crippen LogP contribution is -2.39. The predicted octanol–water partition coefficient (Wildman–Crippen LogP) is 2.53. The molecule has 2 fully saturated rings. The predicted molar refractivity (Wildman–Crippen MR) is 101 cm³/mol. The molecule has 3 aliphatic rings. The lowest BCUT2D eigenvalue weighted by Gasteiger charge is -2.30. The molecule has 2 aromatic rings. The Kier molecular flexibility index (Phi) is 5.42. The molecule has 9 nitrogen and oxygen atoms in total. The zero-order valence-corrected chi connectivity index (χ0v) is 16.8. The number of halogens is 3. The Bertz CT molecular complexity index is 933. The van der Waals surface area contributed by atoms with Gasteiger partial charge in [0.25, 0.3) is 0 Å². The molecular weight excluding hydrogens is 417 g/mol. The van der Waals surface area contributed by atoms with Gasteiger partial charge in [-0.05, 0) is 19.3 Å². The minimum Gasteiger partial charge on any atom is -0.469 e. The maximum Gasteiger partial charge on any atom is 0.423 e. The summed E-state index contributed by atoms with van der Waals surface area (Å²) < 4.78 is 57.9. The molecule has 2 atom stereocenters. The van der Waals surface area contributed by atoms with Crippen molar-refractivity contribution in [2.75, 3.05) is 25.1 Å². The molecule has 0 bridgehead atoms. The van der Waals surface area contributed by atoms with Gasteiger partial charge in [0.1, 0.15) is 24.1 Å². The van der Waals surface area contributed by atoms with Crippen molar-refractivity contribution < 1.29 is 27.4 Å². The number of aromatic nitrogens is 5. The first kappa shape index (κ1) is 20.4. The maximum absolute atomic E-state index is 13.3. The summed E-state index contributed by atoms with van der Waals surface area (Å²) in [4.78, 5) is 7.95. The summed E-state index contributed by atoms with van der Waals surface area (Å²) in [5.41, 5.74) is -0.983. The quantitative estimate of drug-likeness (QED) is 0.758. The van der Waals surface area contributed by atoms with Gasteiger partial charge in [-0.25, -0.2) is 4.98 Å². The minimum absolute atomic E-state index is 0.0168. The average Bonchev–Trinajstić information content (AvgIpc) is 3.14. The first-order valence-corrected chi connectivity index (χ1v) is 10.4. The number of rotatable bonds is 5. The largest absolute Gasteiger partial charge is 0.469 e. The molecule has 0 spiro atoms. The molecule has 0 amide bonds. The Morgan fingerprint density at radius 2 is 2.03 bits per heavy atom. The van der Waals surface area contributed by atoms with Gasteiger partial charge in [-0.3, -0.25) is 0 Å². The lowest BCUT2D eigenvalue weighted by molar-refractivity contribution is -0.142. The second kappa shape index (κ2) is 8.23. The number of nitrogens with zero attached hydrogens (tertiary/aromatic N) is 5. The van der Waals surface area contributed by atoms with E-state index in [0.29, 0.717) is 13.2 Å². The number of hydrogen-bond donors (Lipinski definition) is 1. The molecule has 2 aromatic heterocycles. The van der Waals surface area contributed by atoms with E-state index in [9.17, 15) is 13.2 Å². The van der Waals surface area contributed by atoms with Crippen molar-refractivity contribution in [3.63, 3.8) is 0 Å². The number of alkyl halides is 3. The van der Waals surface area contributed by atoms with E-state index in [4.69, 9.17) is 14.2 Å². The lowest BCUT2D eigenvalue weighted by atomic mass is 9.85. The molecule has 1 N–H and O–H groups in total. The van der Waals surface area contributed by atoms with Gasteiger partial charge in [0.2, 0.25) is 11.8 Å². The van der Waals surface area contributed by atoms with E-state index in [0.717, 1.165) is 50.1 Å². The smallest absolute Gasteiger partial charge is 0.423 e. The van der Waals surface area contributed by atoms with Crippen molar-refractivity contribution in [2.45, 2.75) is 63.1 Å². The number of fused-ring (bicyclic) bond motifs is 1. The van der Waals surface area contributed by atoms with E-state index >= 15 is 0 Å². The highest BCUT2D eigenvalue weighted by Gasteiger charge is 2.38. The third-order valence-corrected chi connectivity index (χ3v) is 5.86. The minimum atomic E-state index is -4.59. The first-order valence-electron chi connectivity index (χ1n) is 10.4. The van der Waals surface area contributed by atoms with Crippen molar-refractivity contribution in [1.82, 2.24) is 24.7 Å². The van der Waals surface area contributed by atoms with Crippen LogP contribution in [0.5, 0.6) is 5.88 Å². The highest BCUT2D eigenvalue weighted by molar-refractivity contribution is 5.36. The van der Waals surface area contributed by atoms with Gasteiger partial charge in [-0.15, -0.1) is 10.2 Å². The number of anilines is 1. The Morgan fingerprint density at radius 1 is 1.16 bits per heavy atom. The standard InChI is InChI=1S/C19H23F3N6O3/c20-19(21,22)14-7-23-18(25-17(14)31-13-8-30-9-13)24-12-3-1-2-11(6-12)16-27-26-15-10-29-5-4-28(15)16/h7,11-13H,1-6,8-10H2,(H,23,24,25)/t11-,12+/m0/s1. The molecule has 168 valence electrons. The molecule has 12 heteroatoms. The van der Waals surface area contributed by atoms with Gasteiger partial charge in [0.05, 0.1) is 19.8 Å². The molecule has 1 aliphatic carbocycles. The Morgan fingerprint density at radius 3 is 2.81 bits per heavy atom. The van der Waals surface area contributed by atoms with Crippen molar-refractivity contribution in [3.8, 4) is 5.88 Å². The van der Waals surface area contributed by atoms with E-state index in [1.807, 2.05) is 0 Å². The summed E-state index contributed by atoms with van der Waals surface area (Å²) in [5.74, 6) is 1.67. The number of ether oxygens (including phenoxy) is 3. The van der Waals surface area contributed by atoms with Crippen LogP contribution in [0.4, 0.5) is 19.1 Å². The van der Waals surface area contributed by atoms with E-state index in [-0.39, 0.29) is 31.1 Å². The van der Waals surface area contributed by atoms with Crippen LogP contribution < -0.4 is 10.1 Å². The van der Waals surface area contributed by atoms with Crippen LogP contribution in [0.2, 0.25) is 0 Å². The first-order chi connectivity index (χ1) is 15.0. The second-order valence-corrected chi connectivity index (χ2v) is 8.07. The van der Waals surface area contributed by atoms with E-state index in [2.05, 4.69) is 30.0 Å². The molecule has 4 heterocycles. The normalized spacial score (nSPS) is 24.4. The molecule has 0 unspecified atom stereocenters. The van der Waals surface area contributed by atoms with Crippen molar-refractivity contribution in [2.24, 2.45) is 0 Å². The van der Waals surface area contributed by atoms with Crippen molar-refractivity contribution in [1.29, 1.82) is 0 Å². The molecule has 0 aromatic carbocycles. The Balaban J connectivity index is 1.31. The fourth-order valence-electron chi connectivity index (χ4n) is 4.22. The summed E-state index contributed by atoms with van der Waals surface area (Å²) >= 11 is 0. The van der Waals surface area contributed by atoms with Crippen LogP contribution in [-0.2, 0) is 28.8 Å². The zero-order valence-electron chi connectivity index (χ0n) is 16.8. The third kappa shape index (κ3) is 4.31. The SMILES string of the molecule is FC(F)(F)c1cnc(N[C@@H]2CCC[C@H](c3nnc4n3CCOC4)C2)nc1OC1COC1. The monoisotopic (exact) mass is 440 g/mol. The fourth-order valence-corrected chi connectivity index (χ4v) is 4.22. The molecule has 31 heavy (non-hydrogen) atoms. The van der Waals surface area contributed by atoms with Crippen molar-refractivity contribution in [3.05, 3.63) is 23.4 Å². The van der Waals surface area contributed by atoms with Gasteiger partial charge in [0, 0.05) is 24.7 Å². The molecule has 1 saturated carbocycles. The molecule has 1 saturated heterocycles. The van der Waals surface area contributed by atoms with Crippen LogP contribution >= 0.6 is 0 Å². The van der Waals surface area contributed by atoms with Gasteiger partial charge >= 0.3 is 6.18 Å². The second-order valence-electron chi connectivity index (χ2n) is 8.07. The van der Waals surface area contributed by atoms with Crippen LogP contribution in [0, 0.1) is 0 Å². The summed E-state index contributed by atoms with van der Waals surface area (Å²) in [6, 6.07) is 0.0168.